The van der Waals surface area contributed by atoms with Crippen LogP contribution in [0.3, 0.4) is 0 Å². The van der Waals surface area contributed by atoms with E-state index in [4.69, 9.17) is 4.74 Å². The van der Waals surface area contributed by atoms with Crippen LogP contribution < -0.4 is 0 Å². The van der Waals surface area contributed by atoms with Crippen molar-refractivity contribution in [1.82, 2.24) is 0 Å². The third-order valence-electron chi connectivity index (χ3n) is 3.65. The molecule has 0 bridgehead atoms. The number of epoxide rings is 1. The molecule has 4 nitrogen and oxygen atoms in total. The van der Waals surface area contributed by atoms with Crippen LogP contribution in [0.2, 0.25) is 0 Å². The fourth-order valence-electron chi connectivity index (χ4n) is 2.44. The smallest absolute Gasteiger partial charge is 0.305 e. The zero-order valence-corrected chi connectivity index (χ0v) is 11.7. The van der Waals surface area contributed by atoms with Gasteiger partial charge in [-0.1, -0.05) is 12.2 Å². The number of allylic oxidation sites excluding steroid dienone is 4. The van der Waals surface area contributed by atoms with E-state index in [1.807, 2.05) is 18.2 Å². The number of esters is 1. The van der Waals surface area contributed by atoms with Gasteiger partial charge in [0.05, 0.1) is 13.2 Å². The van der Waals surface area contributed by atoms with Crippen LogP contribution in [0.1, 0.15) is 25.7 Å². The van der Waals surface area contributed by atoms with Gasteiger partial charge < -0.3 is 9.47 Å². The Morgan fingerprint density at radius 1 is 1.55 bits per heavy atom. The molecule has 1 aliphatic carbocycles. The molecule has 2 aliphatic rings. The van der Waals surface area contributed by atoms with Crippen molar-refractivity contribution in [3.05, 3.63) is 36.5 Å². The number of methoxy groups -OCH3 is 1. The van der Waals surface area contributed by atoms with E-state index in [1.165, 1.54) is 7.11 Å². The normalized spacial score (nSPS) is 29.8. The van der Waals surface area contributed by atoms with E-state index in [0.717, 1.165) is 24.8 Å². The van der Waals surface area contributed by atoms with Gasteiger partial charge in [0.1, 0.15) is 6.10 Å². The SMILES string of the molecule is C=CC[C@H]1C=CC(=O)/C1=C\[C@@H]1O[C@H]1CCCC(=O)OC. The van der Waals surface area contributed by atoms with E-state index in [2.05, 4.69) is 11.3 Å². The highest BCUT2D eigenvalue weighted by Crippen LogP contribution is 2.33. The summed E-state index contributed by atoms with van der Waals surface area (Å²) in [6.45, 7) is 3.71. The summed E-state index contributed by atoms with van der Waals surface area (Å²) in [5.74, 6) is 0.0161. The lowest BCUT2D eigenvalue weighted by Gasteiger charge is -2.06. The van der Waals surface area contributed by atoms with Crippen LogP contribution in [0.15, 0.2) is 36.5 Å². The van der Waals surface area contributed by atoms with E-state index in [0.29, 0.717) is 6.42 Å². The average molecular weight is 276 g/mol. The van der Waals surface area contributed by atoms with Crippen molar-refractivity contribution in [2.75, 3.05) is 7.11 Å². The molecule has 0 aromatic rings. The quantitative estimate of drug-likeness (QED) is 0.310. The zero-order chi connectivity index (χ0) is 14.5. The molecule has 108 valence electrons. The summed E-state index contributed by atoms with van der Waals surface area (Å²) in [6.07, 6.45) is 10.2. The van der Waals surface area contributed by atoms with E-state index in [1.54, 1.807) is 6.08 Å². The topological polar surface area (TPSA) is 55.9 Å². The fourth-order valence-corrected chi connectivity index (χ4v) is 2.44. The van der Waals surface area contributed by atoms with Gasteiger partial charge in [-0.25, -0.2) is 0 Å². The summed E-state index contributed by atoms with van der Waals surface area (Å²) in [5, 5.41) is 0. The van der Waals surface area contributed by atoms with Crippen molar-refractivity contribution in [2.45, 2.75) is 37.9 Å². The van der Waals surface area contributed by atoms with Crippen LogP contribution in [0, 0.1) is 5.92 Å². The van der Waals surface area contributed by atoms with Crippen molar-refractivity contribution in [1.29, 1.82) is 0 Å². The van der Waals surface area contributed by atoms with Crippen molar-refractivity contribution >= 4 is 11.8 Å². The number of ether oxygens (including phenoxy) is 2. The second-order valence-electron chi connectivity index (χ2n) is 5.08. The van der Waals surface area contributed by atoms with E-state index >= 15 is 0 Å². The fraction of sp³-hybridized carbons (Fsp3) is 0.500. The standard InChI is InChI=1S/C16H20O4/c1-3-5-11-8-9-13(17)12(11)10-15-14(20-15)6-4-7-16(18)19-2/h3,8-11,14-15H,1,4-7H2,2H3/b12-10-/t11-,14-,15-/m0/s1. The molecule has 1 fully saturated rings. The molecule has 20 heavy (non-hydrogen) atoms. The van der Waals surface area contributed by atoms with Gasteiger partial charge in [0.25, 0.3) is 0 Å². The summed E-state index contributed by atoms with van der Waals surface area (Å²) < 4.78 is 10.1. The number of carbonyl (C=O) groups is 2. The number of carbonyl (C=O) groups excluding carboxylic acids is 2. The minimum atomic E-state index is -0.193. The largest absolute Gasteiger partial charge is 0.469 e. The molecule has 4 heteroatoms. The Kier molecular flexibility index (Phi) is 4.90. The second kappa shape index (κ2) is 6.66. The highest BCUT2D eigenvalue weighted by Gasteiger charge is 2.38. The van der Waals surface area contributed by atoms with E-state index in [-0.39, 0.29) is 29.9 Å². The summed E-state index contributed by atoms with van der Waals surface area (Å²) in [7, 11) is 1.39. The van der Waals surface area contributed by atoms with Crippen LogP contribution in [0.5, 0.6) is 0 Å². The lowest BCUT2D eigenvalue weighted by atomic mass is 9.97. The van der Waals surface area contributed by atoms with Crippen LogP contribution in [0.25, 0.3) is 0 Å². The zero-order valence-electron chi connectivity index (χ0n) is 11.7. The first kappa shape index (κ1) is 14.7. The monoisotopic (exact) mass is 276 g/mol. The Balaban J connectivity index is 1.80. The highest BCUT2D eigenvalue weighted by molar-refractivity contribution is 6.07. The molecule has 0 N–H and O–H groups in total. The molecule has 0 aromatic carbocycles. The van der Waals surface area contributed by atoms with Gasteiger partial charge in [-0.15, -0.1) is 6.58 Å². The first-order chi connectivity index (χ1) is 9.65. The average Bonchev–Trinajstić information content (AvgIpc) is 3.09. The Morgan fingerprint density at radius 2 is 2.35 bits per heavy atom. The number of rotatable bonds is 7. The van der Waals surface area contributed by atoms with Gasteiger partial charge in [0.15, 0.2) is 5.78 Å². The molecule has 0 radical (unpaired) electrons. The Bertz CT molecular complexity index is 461. The first-order valence-electron chi connectivity index (χ1n) is 6.93. The minimum Gasteiger partial charge on any atom is -0.469 e. The Labute approximate surface area is 119 Å². The number of hydrogen-bond donors (Lipinski definition) is 0. The van der Waals surface area contributed by atoms with Crippen molar-refractivity contribution < 1.29 is 19.1 Å². The summed E-state index contributed by atoms with van der Waals surface area (Å²) in [4.78, 5) is 22.8. The predicted octanol–water partition coefficient (Wildman–Crippen LogP) is 2.35. The summed E-state index contributed by atoms with van der Waals surface area (Å²) >= 11 is 0. The van der Waals surface area contributed by atoms with Gasteiger partial charge in [-0.2, -0.15) is 0 Å². The van der Waals surface area contributed by atoms with Gasteiger partial charge in [0.2, 0.25) is 0 Å². The molecule has 0 aromatic heterocycles. The molecule has 0 spiro atoms. The molecule has 1 heterocycles. The van der Waals surface area contributed by atoms with Gasteiger partial charge in [-0.05, 0) is 31.4 Å². The second-order valence-corrected chi connectivity index (χ2v) is 5.08. The molecular weight excluding hydrogens is 256 g/mol. The van der Waals surface area contributed by atoms with Crippen LogP contribution in [0.4, 0.5) is 0 Å². The third-order valence-corrected chi connectivity index (χ3v) is 3.65. The predicted molar refractivity (Wildman–Crippen MR) is 75.1 cm³/mol. The molecular formula is C16H20O4. The molecule has 3 atom stereocenters. The van der Waals surface area contributed by atoms with Crippen LogP contribution in [-0.4, -0.2) is 31.1 Å². The highest BCUT2D eigenvalue weighted by atomic mass is 16.6. The third kappa shape index (κ3) is 3.67. The maximum Gasteiger partial charge on any atom is 0.305 e. The number of ketones is 1. The molecule has 1 aliphatic heterocycles. The van der Waals surface area contributed by atoms with Crippen molar-refractivity contribution in [2.24, 2.45) is 5.92 Å². The van der Waals surface area contributed by atoms with E-state index < -0.39 is 0 Å². The lowest BCUT2D eigenvalue weighted by Crippen LogP contribution is -2.05. The van der Waals surface area contributed by atoms with E-state index in [9.17, 15) is 9.59 Å². The number of hydrogen-bond acceptors (Lipinski definition) is 4. The Morgan fingerprint density at radius 3 is 3.05 bits per heavy atom. The van der Waals surface area contributed by atoms with Gasteiger partial charge in [-0.3, -0.25) is 9.59 Å². The minimum absolute atomic E-state index is 0.0128. The maximum absolute atomic E-state index is 11.8. The molecule has 0 unspecified atom stereocenters. The van der Waals surface area contributed by atoms with Crippen LogP contribution >= 0.6 is 0 Å². The lowest BCUT2D eigenvalue weighted by molar-refractivity contribution is -0.140. The Hall–Kier alpha value is -1.68. The molecule has 0 saturated carbocycles. The molecule has 2 rings (SSSR count). The van der Waals surface area contributed by atoms with Crippen molar-refractivity contribution in [3.8, 4) is 0 Å². The first-order valence-corrected chi connectivity index (χ1v) is 6.93. The maximum atomic E-state index is 11.8. The van der Waals surface area contributed by atoms with Crippen molar-refractivity contribution in [3.63, 3.8) is 0 Å². The summed E-state index contributed by atoms with van der Waals surface area (Å²) in [6, 6.07) is 0. The van der Waals surface area contributed by atoms with Crippen LogP contribution in [-0.2, 0) is 19.1 Å². The molecule has 0 amide bonds. The molecule has 1 saturated heterocycles. The van der Waals surface area contributed by atoms with Gasteiger partial charge >= 0.3 is 5.97 Å². The summed E-state index contributed by atoms with van der Waals surface area (Å²) in [5.41, 5.74) is 0.811. The van der Waals surface area contributed by atoms with Gasteiger partial charge in [0, 0.05) is 17.9 Å².